The molecule has 0 atom stereocenters. The van der Waals surface area contributed by atoms with Crippen LogP contribution in [0.5, 0.6) is 0 Å². The number of rotatable bonds is 5. The highest BCUT2D eigenvalue weighted by atomic mass is 15.6. The van der Waals surface area contributed by atoms with Gasteiger partial charge in [0.25, 0.3) is 0 Å². The molecule has 0 aromatic carbocycles. The van der Waals surface area contributed by atoms with Crippen molar-refractivity contribution in [2.45, 2.75) is 40.5 Å². The van der Waals surface area contributed by atoms with Gasteiger partial charge in [0.1, 0.15) is 0 Å². The number of hydrogen-bond acceptors (Lipinski definition) is 2. The number of nitrogens with zero attached hydrogens (tertiary/aromatic N) is 2. The highest BCUT2D eigenvalue weighted by molar-refractivity contribution is 4.46. The van der Waals surface area contributed by atoms with Gasteiger partial charge in [-0.15, -0.1) is 0 Å². The largest absolute Gasteiger partial charge is 0.248 e. The zero-order chi connectivity index (χ0) is 9.98. The van der Waals surface area contributed by atoms with Gasteiger partial charge in [-0.1, -0.05) is 34.1 Å². The second-order valence-electron chi connectivity index (χ2n) is 2.75. The first-order valence-corrected chi connectivity index (χ1v) is 5.14. The molecule has 0 aromatic rings. The summed E-state index contributed by atoms with van der Waals surface area (Å²) >= 11 is 0. The van der Waals surface area contributed by atoms with Crippen molar-refractivity contribution in [1.82, 2.24) is 10.0 Å². The van der Waals surface area contributed by atoms with E-state index in [1.807, 2.05) is 13.8 Å². The Morgan fingerprint density at radius 1 is 1.00 bits per heavy atom. The maximum atomic E-state index is 2.34. The van der Waals surface area contributed by atoms with Gasteiger partial charge in [-0.05, 0) is 6.42 Å². The first kappa shape index (κ1) is 14.4. The molecule has 0 unspecified atom stereocenters. The summed E-state index contributed by atoms with van der Waals surface area (Å²) in [4.78, 5) is 0. The van der Waals surface area contributed by atoms with Crippen molar-refractivity contribution < 1.29 is 0 Å². The van der Waals surface area contributed by atoms with Crippen molar-refractivity contribution >= 4 is 0 Å². The molecule has 12 heavy (non-hydrogen) atoms. The summed E-state index contributed by atoms with van der Waals surface area (Å²) in [7, 11) is 4.19. The fourth-order valence-corrected chi connectivity index (χ4v) is 0.982. The van der Waals surface area contributed by atoms with Crippen LogP contribution in [0.25, 0.3) is 0 Å². The summed E-state index contributed by atoms with van der Waals surface area (Å²) in [5.41, 5.74) is 0. The van der Waals surface area contributed by atoms with Crippen molar-refractivity contribution in [2.75, 3.05) is 27.2 Å². The van der Waals surface area contributed by atoms with E-state index in [2.05, 4.69) is 38.0 Å². The Morgan fingerprint density at radius 3 is 1.75 bits per heavy atom. The maximum absolute atomic E-state index is 2.34. The molecular formula is C10H26N2. The van der Waals surface area contributed by atoms with Gasteiger partial charge in [-0.25, -0.2) is 10.0 Å². The Labute approximate surface area is 78.5 Å². The predicted octanol–water partition coefficient (Wildman–Crippen LogP) is 2.61. The molecule has 2 heteroatoms. The van der Waals surface area contributed by atoms with Gasteiger partial charge in [0, 0.05) is 27.2 Å². The van der Waals surface area contributed by atoms with Crippen molar-refractivity contribution in [1.29, 1.82) is 0 Å². The summed E-state index contributed by atoms with van der Waals surface area (Å²) in [5, 5.41) is 4.50. The lowest BCUT2D eigenvalue weighted by Gasteiger charge is -2.27. The molecule has 0 N–H and O–H groups in total. The SMILES string of the molecule is CC.CCCCN(CC)N(C)C. The Hall–Kier alpha value is -0.0800. The minimum Gasteiger partial charge on any atom is -0.248 e. The van der Waals surface area contributed by atoms with E-state index >= 15 is 0 Å². The second kappa shape index (κ2) is 10.9. The molecule has 0 fully saturated rings. The van der Waals surface area contributed by atoms with Gasteiger partial charge in [-0.3, -0.25) is 0 Å². The zero-order valence-electron chi connectivity index (χ0n) is 9.72. The van der Waals surface area contributed by atoms with Gasteiger partial charge in [0.05, 0.1) is 0 Å². The maximum Gasteiger partial charge on any atom is 0.0132 e. The molecule has 76 valence electrons. The minimum atomic E-state index is 1.12. The Morgan fingerprint density at radius 2 is 1.50 bits per heavy atom. The Bertz CT molecular complexity index is 72.2. The number of hydrazine groups is 1. The molecule has 0 heterocycles. The molecule has 0 radical (unpaired) electrons. The lowest BCUT2D eigenvalue weighted by molar-refractivity contribution is 0.0298. The molecule has 0 saturated heterocycles. The van der Waals surface area contributed by atoms with Crippen LogP contribution in [-0.2, 0) is 0 Å². The van der Waals surface area contributed by atoms with Crippen LogP contribution in [0.1, 0.15) is 40.5 Å². The van der Waals surface area contributed by atoms with E-state index < -0.39 is 0 Å². The van der Waals surface area contributed by atoms with Crippen LogP contribution in [0, 0.1) is 0 Å². The van der Waals surface area contributed by atoms with Crippen molar-refractivity contribution in [2.24, 2.45) is 0 Å². The molecule has 0 aliphatic rings. The third kappa shape index (κ3) is 8.02. The summed E-state index contributed by atoms with van der Waals surface area (Å²) in [6, 6.07) is 0. The average molecular weight is 174 g/mol. The lowest BCUT2D eigenvalue weighted by Crippen LogP contribution is -2.37. The van der Waals surface area contributed by atoms with Crippen LogP contribution >= 0.6 is 0 Å². The molecule has 2 nitrogen and oxygen atoms in total. The van der Waals surface area contributed by atoms with E-state index in [4.69, 9.17) is 0 Å². The van der Waals surface area contributed by atoms with Gasteiger partial charge in [0.15, 0.2) is 0 Å². The zero-order valence-corrected chi connectivity index (χ0v) is 9.72. The molecule has 0 saturated carbocycles. The first-order chi connectivity index (χ1) is 5.72. The van der Waals surface area contributed by atoms with Crippen LogP contribution < -0.4 is 0 Å². The fraction of sp³-hybridized carbons (Fsp3) is 1.00. The van der Waals surface area contributed by atoms with Crippen LogP contribution in [-0.4, -0.2) is 37.2 Å². The van der Waals surface area contributed by atoms with Crippen molar-refractivity contribution in [3.8, 4) is 0 Å². The van der Waals surface area contributed by atoms with Crippen LogP contribution in [0.15, 0.2) is 0 Å². The predicted molar refractivity (Wildman–Crippen MR) is 57.2 cm³/mol. The van der Waals surface area contributed by atoms with Crippen molar-refractivity contribution in [3.05, 3.63) is 0 Å². The number of hydrogen-bond donors (Lipinski definition) is 0. The third-order valence-corrected chi connectivity index (χ3v) is 1.70. The number of unbranched alkanes of at least 4 members (excludes halogenated alkanes) is 1. The van der Waals surface area contributed by atoms with Gasteiger partial charge in [-0.2, -0.15) is 0 Å². The van der Waals surface area contributed by atoms with Crippen LogP contribution in [0.3, 0.4) is 0 Å². The Balaban J connectivity index is 0. The smallest absolute Gasteiger partial charge is 0.0132 e. The normalized spacial score (nSPS) is 10.0. The minimum absolute atomic E-state index is 1.12. The molecule has 0 bridgehead atoms. The van der Waals surface area contributed by atoms with Crippen LogP contribution in [0.4, 0.5) is 0 Å². The van der Waals surface area contributed by atoms with E-state index in [0.717, 1.165) is 6.54 Å². The first-order valence-electron chi connectivity index (χ1n) is 5.14. The fourth-order valence-electron chi connectivity index (χ4n) is 0.982. The highest BCUT2D eigenvalue weighted by Gasteiger charge is 2.01. The second-order valence-corrected chi connectivity index (χ2v) is 2.75. The summed E-state index contributed by atoms with van der Waals surface area (Å²) < 4.78 is 0. The average Bonchev–Trinajstić information content (AvgIpc) is 2.09. The molecule has 0 aliphatic carbocycles. The Kier molecular flexibility index (Phi) is 13.1. The quantitative estimate of drug-likeness (QED) is 0.591. The lowest BCUT2D eigenvalue weighted by atomic mass is 10.3. The van der Waals surface area contributed by atoms with Crippen molar-refractivity contribution in [3.63, 3.8) is 0 Å². The standard InChI is InChI=1S/C8H20N2.C2H6/c1-5-7-8-10(6-2)9(3)4;1-2/h5-8H2,1-4H3;1-2H3. The van der Waals surface area contributed by atoms with E-state index in [0.29, 0.717) is 0 Å². The molecular weight excluding hydrogens is 148 g/mol. The monoisotopic (exact) mass is 174 g/mol. The molecule has 0 aromatic heterocycles. The summed E-state index contributed by atoms with van der Waals surface area (Å²) in [6.45, 7) is 10.7. The summed E-state index contributed by atoms with van der Waals surface area (Å²) in [6.07, 6.45) is 2.58. The third-order valence-electron chi connectivity index (χ3n) is 1.70. The molecule has 0 spiro atoms. The topological polar surface area (TPSA) is 6.48 Å². The van der Waals surface area contributed by atoms with Gasteiger partial charge in [0.2, 0.25) is 0 Å². The van der Waals surface area contributed by atoms with E-state index in [1.54, 1.807) is 0 Å². The van der Waals surface area contributed by atoms with Gasteiger partial charge >= 0.3 is 0 Å². The van der Waals surface area contributed by atoms with E-state index in [-0.39, 0.29) is 0 Å². The molecule has 0 amide bonds. The highest BCUT2D eigenvalue weighted by Crippen LogP contribution is 1.95. The molecule has 0 aliphatic heterocycles. The summed E-state index contributed by atoms with van der Waals surface area (Å²) in [5.74, 6) is 0. The van der Waals surface area contributed by atoms with Gasteiger partial charge < -0.3 is 0 Å². The van der Waals surface area contributed by atoms with Crippen LogP contribution in [0.2, 0.25) is 0 Å². The van der Waals surface area contributed by atoms with E-state index in [1.165, 1.54) is 19.4 Å². The molecule has 0 rings (SSSR count). The van der Waals surface area contributed by atoms with E-state index in [9.17, 15) is 0 Å².